The molecule has 0 aliphatic carbocycles. The number of nitrogens with zero attached hydrogens (tertiary/aromatic N) is 1. The summed E-state index contributed by atoms with van der Waals surface area (Å²) < 4.78 is 5.18. The highest BCUT2D eigenvalue weighted by atomic mass is 32.2. The van der Waals surface area contributed by atoms with Crippen LogP contribution in [-0.2, 0) is 0 Å². The number of rotatable bonds is 3. The Labute approximate surface area is 123 Å². The Morgan fingerprint density at radius 2 is 1.85 bits per heavy atom. The predicted octanol–water partition coefficient (Wildman–Crippen LogP) is 3.95. The number of para-hydroxylation sites is 1. The second-order valence-corrected chi connectivity index (χ2v) is 5.71. The van der Waals surface area contributed by atoms with E-state index in [-0.39, 0.29) is 0 Å². The van der Waals surface area contributed by atoms with Gasteiger partial charge in [0, 0.05) is 5.69 Å². The number of methoxy groups -OCH3 is 1. The average molecular weight is 284 g/mol. The summed E-state index contributed by atoms with van der Waals surface area (Å²) in [6, 6.07) is 18.3. The first-order valence-electron chi connectivity index (χ1n) is 6.52. The third kappa shape index (κ3) is 2.96. The van der Waals surface area contributed by atoms with Crippen molar-refractivity contribution < 1.29 is 4.74 Å². The lowest BCUT2D eigenvalue weighted by atomic mass is 10.1. The van der Waals surface area contributed by atoms with Crippen LogP contribution in [0.1, 0.15) is 10.8 Å². The fourth-order valence-electron chi connectivity index (χ4n) is 2.08. The lowest BCUT2D eigenvalue weighted by Gasteiger charge is -2.10. The van der Waals surface area contributed by atoms with Crippen molar-refractivity contribution >= 4 is 22.6 Å². The molecule has 1 atom stereocenters. The zero-order valence-corrected chi connectivity index (χ0v) is 12.1. The molecule has 1 heterocycles. The molecule has 1 N–H and O–H groups in total. The van der Waals surface area contributed by atoms with Gasteiger partial charge in [-0.05, 0) is 29.8 Å². The van der Waals surface area contributed by atoms with E-state index in [1.807, 2.05) is 42.5 Å². The normalized spacial score (nSPS) is 17.6. The number of amidine groups is 1. The van der Waals surface area contributed by atoms with Crippen LogP contribution in [0.5, 0.6) is 5.75 Å². The molecule has 0 saturated heterocycles. The second kappa shape index (κ2) is 6.01. The van der Waals surface area contributed by atoms with Crippen LogP contribution in [-0.4, -0.2) is 18.8 Å². The second-order valence-electron chi connectivity index (χ2n) is 4.52. The van der Waals surface area contributed by atoms with Crippen molar-refractivity contribution in [1.82, 2.24) is 0 Å². The maximum atomic E-state index is 5.18. The summed E-state index contributed by atoms with van der Waals surface area (Å²) in [5.74, 6) is 0.889. The van der Waals surface area contributed by atoms with E-state index in [2.05, 4.69) is 22.4 Å². The Kier molecular flexibility index (Phi) is 3.92. The van der Waals surface area contributed by atoms with Crippen molar-refractivity contribution in [1.29, 1.82) is 0 Å². The number of hydrogen-bond donors (Lipinski definition) is 1. The molecule has 0 aromatic heterocycles. The Morgan fingerprint density at radius 3 is 2.55 bits per heavy atom. The summed E-state index contributed by atoms with van der Waals surface area (Å²) in [6.07, 6.45) is 0. The average Bonchev–Trinajstić information content (AvgIpc) is 2.97. The first-order chi connectivity index (χ1) is 9.85. The number of hydrogen-bond acceptors (Lipinski definition) is 4. The number of nitrogens with one attached hydrogen (secondary N) is 1. The van der Waals surface area contributed by atoms with E-state index in [1.54, 1.807) is 18.9 Å². The van der Waals surface area contributed by atoms with Crippen LogP contribution in [0.4, 0.5) is 5.69 Å². The molecule has 0 radical (unpaired) electrons. The van der Waals surface area contributed by atoms with E-state index in [0.29, 0.717) is 5.25 Å². The molecule has 1 aliphatic heterocycles. The van der Waals surface area contributed by atoms with Crippen molar-refractivity contribution in [3.63, 3.8) is 0 Å². The van der Waals surface area contributed by atoms with Crippen LogP contribution in [0.25, 0.3) is 0 Å². The first-order valence-corrected chi connectivity index (χ1v) is 7.40. The molecule has 102 valence electrons. The molecule has 20 heavy (non-hydrogen) atoms. The molecule has 1 aliphatic rings. The highest BCUT2D eigenvalue weighted by Crippen LogP contribution is 2.36. The molecule has 0 spiro atoms. The Bertz CT molecular complexity index is 596. The highest BCUT2D eigenvalue weighted by Gasteiger charge is 2.21. The summed E-state index contributed by atoms with van der Waals surface area (Å²) in [7, 11) is 1.68. The van der Waals surface area contributed by atoms with E-state index < -0.39 is 0 Å². The van der Waals surface area contributed by atoms with E-state index >= 15 is 0 Å². The smallest absolute Gasteiger partial charge is 0.161 e. The summed E-state index contributed by atoms with van der Waals surface area (Å²) in [4.78, 5) is 4.57. The van der Waals surface area contributed by atoms with Gasteiger partial charge in [0.1, 0.15) is 5.75 Å². The topological polar surface area (TPSA) is 33.6 Å². The molecular weight excluding hydrogens is 268 g/mol. The minimum Gasteiger partial charge on any atom is -0.497 e. The molecule has 1 unspecified atom stereocenters. The Morgan fingerprint density at radius 1 is 1.10 bits per heavy atom. The Balaban J connectivity index is 1.63. The fourth-order valence-corrected chi connectivity index (χ4v) is 3.12. The van der Waals surface area contributed by atoms with Gasteiger partial charge in [-0.2, -0.15) is 0 Å². The van der Waals surface area contributed by atoms with Crippen LogP contribution >= 0.6 is 11.8 Å². The van der Waals surface area contributed by atoms with Crippen molar-refractivity contribution in [2.24, 2.45) is 4.99 Å². The minimum absolute atomic E-state index is 0.382. The van der Waals surface area contributed by atoms with Gasteiger partial charge in [-0.15, -0.1) is 0 Å². The van der Waals surface area contributed by atoms with Crippen molar-refractivity contribution in [2.75, 3.05) is 19.0 Å². The lowest BCUT2D eigenvalue weighted by Crippen LogP contribution is -2.04. The number of aliphatic imine (C=N–C) groups is 1. The predicted molar refractivity (Wildman–Crippen MR) is 85.7 cm³/mol. The molecule has 3 nitrogen and oxygen atoms in total. The molecule has 4 heteroatoms. The van der Waals surface area contributed by atoms with E-state index in [1.165, 1.54) is 5.56 Å². The van der Waals surface area contributed by atoms with Gasteiger partial charge in [0.25, 0.3) is 0 Å². The van der Waals surface area contributed by atoms with Crippen molar-refractivity contribution in [3.05, 3.63) is 60.2 Å². The van der Waals surface area contributed by atoms with Gasteiger partial charge in [-0.1, -0.05) is 42.1 Å². The van der Waals surface area contributed by atoms with Crippen LogP contribution in [0.2, 0.25) is 0 Å². The van der Waals surface area contributed by atoms with Gasteiger partial charge in [0.15, 0.2) is 5.17 Å². The van der Waals surface area contributed by atoms with Crippen molar-refractivity contribution in [3.8, 4) is 5.75 Å². The molecular formula is C16H16N2OS. The maximum absolute atomic E-state index is 5.18. The van der Waals surface area contributed by atoms with Gasteiger partial charge in [-0.25, -0.2) is 0 Å². The highest BCUT2D eigenvalue weighted by molar-refractivity contribution is 8.14. The quantitative estimate of drug-likeness (QED) is 0.926. The van der Waals surface area contributed by atoms with E-state index in [4.69, 9.17) is 4.74 Å². The maximum Gasteiger partial charge on any atom is 0.161 e. The zero-order valence-electron chi connectivity index (χ0n) is 11.2. The summed E-state index contributed by atoms with van der Waals surface area (Å²) in [5, 5.41) is 4.72. The van der Waals surface area contributed by atoms with Crippen LogP contribution in [0.15, 0.2) is 59.6 Å². The van der Waals surface area contributed by atoms with Gasteiger partial charge >= 0.3 is 0 Å². The summed E-state index contributed by atoms with van der Waals surface area (Å²) in [5.41, 5.74) is 2.36. The number of ether oxygens (including phenoxy) is 1. The third-order valence-corrected chi connectivity index (χ3v) is 4.33. The fraction of sp³-hybridized carbons (Fsp3) is 0.188. The SMILES string of the molecule is COc1ccc(C2CN=C(Nc3ccccc3)S2)cc1. The van der Waals surface area contributed by atoms with E-state index in [9.17, 15) is 0 Å². The largest absolute Gasteiger partial charge is 0.497 e. The molecule has 2 aromatic rings. The molecule has 2 aromatic carbocycles. The third-order valence-electron chi connectivity index (χ3n) is 3.17. The number of benzene rings is 2. The zero-order chi connectivity index (χ0) is 13.8. The minimum atomic E-state index is 0.382. The van der Waals surface area contributed by atoms with Crippen molar-refractivity contribution in [2.45, 2.75) is 5.25 Å². The van der Waals surface area contributed by atoms with E-state index in [0.717, 1.165) is 23.1 Å². The standard InChI is InChI=1S/C16H16N2OS/c1-19-14-9-7-12(8-10-14)15-11-17-16(20-15)18-13-5-3-2-4-6-13/h2-10,15H,11H2,1H3,(H,17,18). The van der Waals surface area contributed by atoms with Gasteiger partial charge < -0.3 is 10.1 Å². The number of thioether (sulfide) groups is 1. The monoisotopic (exact) mass is 284 g/mol. The van der Waals surface area contributed by atoms with Gasteiger partial charge in [-0.3, -0.25) is 4.99 Å². The van der Waals surface area contributed by atoms with Crippen LogP contribution in [0.3, 0.4) is 0 Å². The first kappa shape index (κ1) is 13.1. The van der Waals surface area contributed by atoms with Crippen LogP contribution < -0.4 is 10.1 Å². The Hall–Kier alpha value is -1.94. The molecule has 0 bridgehead atoms. The molecule has 0 saturated carbocycles. The van der Waals surface area contributed by atoms with Gasteiger partial charge in [0.2, 0.25) is 0 Å². The molecule has 3 rings (SSSR count). The van der Waals surface area contributed by atoms with Crippen LogP contribution in [0, 0.1) is 0 Å². The summed E-state index contributed by atoms with van der Waals surface area (Å²) >= 11 is 1.77. The lowest BCUT2D eigenvalue weighted by molar-refractivity contribution is 0.414. The summed E-state index contributed by atoms with van der Waals surface area (Å²) in [6.45, 7) is 0.812. The molecule has 0 fully saturated rings. The number of anilines is 1. The van der Waals surface area contributed by atoms with Gasteiger partial charge in [0.05, 0.1) is 18.9 Å². The molecule has 0 amide bonds.